The summed E-state index contributed by atoms with van der Waals surface area (Å²) in [6, 6.07) is 7.25. The molecule has 0 bridgehead atoms. The van der Waals surface area contributed by atoms with E-state index in [2.05, 4.69) is 10.2 Å². The number of benzene rings is 1. The second-order valence-corrected chi connectivity index (χ2v) is 7.43. The number of likely N-dealkylation sites (tertiary alicyclic amines) is 1. The lowest BCUT2D eigenvalue weighted by molar-refractivity contribution is -0.121. The summed E-state index contributed by atoms with van der Waals surface area (Å²) in [6.45, 7) is 7.54. The molecule has 1 N–H and O–H groups in total. The molecule has 1 aromatic carbocycles. The smallest absolute Gasteiger partial charge is 0.253 e. The molecule has 0 saturated carbocycles. The number of rotatable bonds is 4. The third-order valence-electron chi connectivity index (χ3n) is 4.90. The third kappa shape index (κ3) is 5.05. The Hall–Kier alpha value is -1.92. The molecule has 0 aliphatic carbocycles. The van der Waals surface area contributed by atoms with Gasteiger partial charge in [-0.05, 0) is 51.3 Å². The number of carbonyl (C=O) groups is 2. The van der Waals surface area contributed by atoms with Crippen LogP contribution in [-0.4, -0.2) is 66.5 Å². The number of ether oxygens (including phenoxy) is 1. The van der Waals surface area contributed by atoms with Crippen molar-refractivity contribution in [2.24, 2.45) is 0 Å². The van der Waals surface area contributed by atoms with Crippen LogP contribution in [0.2, 0.25) is 0 Å². The minimum absolute atomic E-state index is 0.0524. The Labute approximate surface area is 155 Å². The van der Waals surface area contributed by atoms with E-state index in [9.17, 15) is 9.59 Å². The van der Waals surface area contributed by atoms with Crippen LogP contribution in [0.5, 0.6) is 0 Å². The van der Waals surface area contributed by atoms with Gasteiger partial charge >= 0.3 is 0 Å². The molecule has 2 amide bonds. The second kappa shape index (κ2) is 8.64. The molecule has 2 heterocycles. The van der Waals surface area contributed by atoms with Crippen LogP contribution in [0.4, 0.5) is 5.69 Å². The minimum Gasteiger partial charge on any atom is -0.373 e. The zero-order valence-electron chi connectivity index (χ0n) is 15.7. The maximum atomic E-state index is 12.6. The Morgan fingerprint density at radius 3 is 2.50 bits per heavy atom. The maximum absolute atomic E-state index is 12.6. The lowest BCUT2D eigenvalue weighted by atomic mass is 10.1. The summed E-state index contributed by atoms with van der Waals surface area (Å²) in [6.07, 6.45) is 3.60. The first-order valence-electron chi connectivity index (χ1n) is 9.58. The fourth-order valence-electron chi connectivity index (χ4n) is 3.83. The Balaban J connectivity index is 1.57. The first kappa shape index (κ1) is 18.9. The Kier molecular flexibility index (Phi) is 6.27. The van der Waals surface area contributed by atoms with E-state index in [-0.39, 0.29) is 24.0 Å². The number of carbonyl (C=O) groups excluding carboxylic acids is 2. The fraction of sp³-hybridized carbons (Fsp3) is 0.600. The number of hydrogen-bond acceptors (Lipinski definition) is 4. The number of hydrogen-bond donors (Lipinski definition) is 1. The molecule has 26 heavy (non-hydrogen) atoms. The predicted molar refractivity (Wildman–Crippen MR) is 101 cm³/mol. The summed E-state index contributed by atoms with van der Waals surface area (Å²) < 4.78 is 5.70. The molecule has 0 spiro atoms. The number of morpholine rings is 1. The quantitative estimate of drug-likeness (QED) is 0.896. The molecule has 0 unspecified atom stereocenters. The molecule has 2 aliphatic heterocycles. The highest BCUT2D eigenvalue weighted by atomic mass is 16.5. The second-order valence-electron chi connectivity index (χ2n) is 7.43. The van der Waals surface area contributed by atoms with Gasteiger partial charge in [-0.15, -0.1) is 0 Å². The molecule has 6 nitrogen and oxygen atoms in total. The van der Waals surface area contributed by atoms with E-state index < -0.39 is 0 Å². The van der Waals surface area contributed by atoms with Crippen molar-refractivity contribution in [1.29, 1.82) is 0 Å². The molecule has 1 aromatic rings. The topological polar surface area (TPSA) is 61.9 Å². The van der Waals surface area contributed by atoms with Crippen molar-refractivity contribution in [3.05, 3.63) is 29.8 Å². The molecule has 0 aromatic heterocycles. The highest BCUT2D eigenvalue weighted by molar-refractivity contribution is 5.97. The van der Waals surface area contributed by atoms with Crippen molar-refractivity contribution in [3.63, 3.8) is 0 Å². The van der Waals surface area contributed by atoms with Gasteiger partial charge in [-0.25, -0.2) is 0 Å². The average molecular weight is 359 g/mol. The number of anilines is 1. The SMILES string of the molecule is C[C@@H]1CN(CC(=O)Nc2cccc(C(=O)N3CCCCC3)c2)C[C@@H](C)O1. The predicted octanol–water partition coefficient (Wildman–Crippen LogP) is 2.36. The van der Waals surface area contributed by atoms with Gasteiger partial charge in [0.15, 0.2) is 0 Å². The minimum atomic E-state index is -0.0612. The zero-order valence-corrected chi connectivity index (χ0v) is 15.7. The average Bonchev–Trinajstić information content (AvgIpc) is 2.61. The van der Waals surface area contributed by atoms with E-state index in [1.807, 2.05) is 36.9 Å². The Bertz CT molecular complexity index is 633. The largest absolute Gasteiger partial charge is 0.373 e. The first-order valence-corrected chi connectivity index (χ1v) is 9.58. The molecule has 3 rings (SSSR count). The maximum Gasteiger partial charge on any atom is 0.253 e. The fourth-order valence-corrected chi connectivity index (χ4v) is 3.83. The van der Waals surface area contributed by atoms with E-state index >= 15 is 0 Å². The lowest BCUT2D eigenvalue weighted by Gasteiger charge is -2.34. The van der Waals surface area contributed by atoms with Crippen molar-refractivity contribution in [3.8, 4) is 0 Å². The van der Waals surface area contributed by atoms with E-state index in [4.69, 9.17) is 4.74 Å². The van der Waals surface area contributed by atoms with Crippen LogP contribution >= 0.6 is 0 Å². The van der Waals surface area contributed by atoms with Crippen molar-refractivity contribution in [2.45, 2.75) is 45.3 Å². The molecule has 2 atom stereocenters. The van der Waals surface area contributed by atoms with Gasteiger partial charge in [-0.3, -0.25) is 14.5 Å². The molecule has 2 fully saturated rings. The monoisotopic (exact) mass is 359 g/mol. The number of amides is 2. The molecular formula is C20H29N3O3. The zero-order chi connectivity index (χ0) is 18.5. The standard InChI is InChI=1S/C20H29N3O3/c1-15-12-22(13-16(2)26-15)14-19(24)21-18-8-6-7-17(11-18)20(25)23-9-4-3-5-10-23/h6-8,11,15-16H,3-5,9-10,12-14H2,1-2H3,(H,21,24)/t15-,16-/m1/s1. The number of nitrogens with zero attached hydrogens (tertiary/aromatic N) is 2. The molecule has 6 heteroatoms. The van der Waals surface area contributed by atoms with Gasteiger partial charge in [0.2, 0.25) is 5.91 Å². The first-order chi connectivity index (χ1) is 12.5. The van der Waals surface area contributed by atoms with Gasteiger partial charge in [-0.1, -0.05) is 6.07 Å². The van der Waals surface area contributed by atoms with Crippen LogP contribution in [0.3, 0.4) is 0 Å². The van der Waals surface area contributed by atoms with E-state index in [0.717, 1.165) is 39.0 Å². The van der Waals surface area contributed by atoms with Crippen molar-refractivity contribution >= 4 is 17.5 Å². The Morgan fingerprint density at radius 2 is 1.81 bits per heavy atom. The van der Waals surface area contributed by atoms with Gasteiger partial charge in [0.05, 0.1) is 18.8 Å². The van der Waals surface area contributed by atoms with Gasteiger partial charge in [0, 0.05) is 37.4 Å². The normalized spacial score (nSPS) is 24.3. The third-order valence-corrected chi connectivity index (χ3v) is 4.90. The van der Waals surface area contributed by atoms with Gasteiger partial charge < -0.3 is 15.0 Å². The summed E-state index contributed by atoms with van der Waals surface area (Å²) in [5.41, 5.74) is 1.31. The highest BCUT2D eigenvalue weighted by Crippen LogP contribution is 2.17. The number of nitrogens with one attached hydrogen (secondary N) is 1. The van der Waals surface area contributed by atoms with Crippen molar-refractivity contribution in [1.82, 2.24) is 9.80 Å². The van der Waals surface area contributed by atoms with Crippen LogP contribution in [0, 0.1) is 0 Å². The van der Waals surface area contributed by atoms with Crippen molar-refractivity contribution < 1.29 is 14.3 Å². The number of piperidine rings is 1. The van der Waals surface area contributed by atoms with Crippen LogP contribution in [0.1, 0.15) is 43.5 Å². The summed E-state index contributed by atoms with van der Waals surface area (Å²) in [5, 5.41) is 2.92. The highest BCUT2D eigenvalue weighted by Gasteiger charge is 2.24. The summed E-state index contributed by atoms with van der Waals surface area (Å²) in [4.78, 5) is 29.0. The van der Waals surface area contributed by atoms with Gasteiger partial charge in [0.25, 0.3) is 5.91 Å². The lowest BCUT2D eigenvalue weighted by Crippen LogP contribution is -2.48. The molecule has 2 aliphatic rings. The van der Waals surface area contributed by atoms with Crippen LogP contribution in [0.15, 0.2) is 24.3 Å². The Morgan fingerprint density at radius 1 is 1.12 bits per heavy atom. The molecule has 0 radical (unpaired) electrons. The van der Waals surface area contributed by atoms with Crippen LogP contribution < -0.4 is 5.32 Å². The van der Waals surface area contributed by atoms with Gasteiger partial charge in [0.1, 0.15) is 0 Å². The van der Waals surface area contributed by atoms with Gasteiger partial charge in [-0.2, -0.15) is 0 Å². The summed E-state index contributed by atoms with van der Waals surface area (Å²) >= 11 is 0. The molecular weight excluding hydrogens is 330 g/mol. The summed E-state index contributed by atoms with van der Waals surface area (Å²) in [5.74, 6) is -0.00880. The van der Waals surface area contributed by atoms with E-state index in [0.29, 0.717) is 17.8 Å². The van der Waals surface area contributed by atoms with E-state index in [1.54, 1.807) is 6.07 Å². The van der Waals surface area contributed by atoms with Crippen LogP contribution in [0.25, 0.3) is 0 Å². The molecule has 142 valence electrons. The van der Waals surface area contributed by atoms with Crippen LogP contribution in [-0.2, 0) is 9.53 Å². The molecule has 2 saturated heterocycles. The van der Waals surface area contributed by atoms with E-state index in [1.165, 1.54) is 6.42 Å². The summed E-state index contributed by atoms with van der Waals surface area (Å²) in [7, 11) is 0. The van der Waals surface area contributed by atoms with Crippen molar-refractivity contribution in [2.75, 3.05) is 38.0 Å².